The van der Waals surface area contributed by atoms with Crippen molar-refractivity contribution in [2.24, 2.45) is 59.9 Å². The monoisotopic (exact) mass is 1290 g/mol. The zero-order valence-corrected chi connectivity index (χ0v) is 53.7. The van der Waals surface area contributed by atoms with E-state index in [1.165, 1.54) is 0 Å². The van der Waals surface area contributed by atoms with Crippen molar-refractivity contribution in [3.05, 3.63) is 343 Å². The summed E-state index contributed by atoms with van der Waals surface area (Å²) in [6.07, 6.45) is 0. The Morgan fingerprint density at radius 2 is 0.455 bits per heavy atom. The molecule has 0 N–H and O–H groups in total. The topological polar surface area (TPSA) is 161 Å². The van der Waals surface area contributed by atoms with Crippen LogP contribution in [0.15, 0.2) is 369 Å². The lowest BCUT2D eigenvalue weighted by molar-refractivity contribution is 0.827. The largest absolute Gasteiger partial charge is 0.311 e. The molecule has 8 heterocycles. The second kappa shape index (κ2) is 23.4. The molecular weight excluding hydrogens is 1240 g/mol. The van der Waals surface area contributed by atoms with Gasteiger partial charge in [0.15, 0.2) is 35.0 Å². The van der Waals surface area contributed by atoms with Crippen LogP contribution in [0.1, 0.15) is 33.4 Å². The Morgan fingerprint density at radius 3 is 0.822 bits per heavy atom. The zero-order chi connectivity index (χ0) is 66.5. The van der Waals surface area contributed by atoms with Crippen LogP contribution in [0.25, 0.3) is 33.4 Å². The van der Waals surface area contributed by atoms with Gasteiger partial charge in [-0.2, -0.15) is 59.9 Å². The Kier molecular flexibility index (Phi) is 13.2. The van der Waals surface area contributed by atoms with Crippen LogP contribution in [-0.2, 0) is 0 Å². The molecule has 8 aliphatic rings. The first kappa shape index (κ1) is 57.2. The molecule has 0 radical (unpaired) electrons. The molecule has 0 aliphatic carbocycles. The van der Waals surface area contributed by atoms with Crippen molar-refractivity contribution >= 4 is 128 Å². The van der Waals surface area contributed by atoms with Gasteiger partial charge in [0.2, 0.25) is 35.8 Å². The molecule has 12 aromatic carbocycles. The molecule has 470 valence electrons. The van der Waals surface area contributed by atoms with Crippen molar-refractivity contribution < 1.29 is 0 Å². The van der Waals surface area contributed by atoms with E-state index in [9.17, 15) is 0 Å². The highest BCUT2D eigenvalue weighted by molar-refractivity contribution is 7.00. The fourth-order valence-corrected chi connectivity index (χ4v) is 14.2. The highest BCUT2D eigenvalue weighted by atomic mass is 15.5. The molecule has 8 aliphatic heterocycles. The van der Waals surface area contributed by atoms with Crippen molar-refractivity contribution in [1.82, 2.24) is 9.80 Å². The third-order valence-electron chi connectivity index (χ3n) is 19.0. The van der Waals surface area contributed by atoms with Crippen molar-refractivity contribution in [3.63, 3.8) is 0 Å². The lowest BCUT2D eigenvalue weighted by Crippen LogP contribution is -2.61. The first-order chi connectivity index (χ1) is 50.0. The molecule has 20 rings (SSSR count). The van der Waals surface area contributed by atoms with Gasteiger partial charge in [-0.1, -0.05) is 261 Å². The Morgan fingerprint density at radius 1 is 0.178 bits per heavy atom. The van der Waals surface area contributed by atoms with Gasteiger partial charge in [-0.05, 0) is 98.3 Å². The summed E-state index contributed by atoms with van der Waals surface area (Å²) in [5.41, 5.74) is 20.2. The third kappa shape index (κ3) is 9.85. The number of hydrogen-bond acceptors (Lipinski definition) is 16. The molecule has 12 aromatic rings. The fourth-order valence-electron chi connectivity index (χ4n) is 14.2. The van der Waals surface area contributed by atoms with E-state index < -0.39 is 0 Å². The molecule has 17 heteroatoms. The van der Waals surface area contributed by atoms with Crippen LogP contribution < -0.4 is 26.2 Å². The molecule has 0 saturated carbocycles. The Hall–Kier alpha value is -14.1. The second-order valence-corrected chi connectivity index (χ2v) is 25.0. The number of amidine groups is 6. The highest BCUT2D eigenvalue weighted by Crippen LogP contribution is 2.47. The summed E-state index contributed by atoms with van der Waals surface area (Å²) in [6, 6.07) is 107. The van der Waals surface area contributed by atoms with Crippen molar-refractivity contribution in [2.75, 3.05) is 9.80 Å². The summed E-state index contributed by atoms with van der Waals surface area (Å²) in [5, 5.41) is 0. The van der Waals surface area contributed by atoms with E-state index >= 15 is 0 Å². The van der Waals surface area contributed by atoms with Crippen LogP contribution in [-0.4, -0.2) is 87.3 Å². The van der Waals surface area contributed by atoms with E-state index in [2.05, 4.69) is 192 Å². The van der Waals surface area contributed by atoms with Crippen LogP contribution in [0.4, 0.5) is 34.1 Å². The van der Waals surface area contributed by atoms with E-state index in [0.29, 0.717) is 76.3 Å². The molecule has 0 spiro atoms. The maximum Gasteiger partial charge on any atom is 0.252 e. The van der Waals surface area contributed by atoms with Gasteiger partial charge >= 0.3 is 0 Å². The molecule has 0 bridgehead atoms. The smallest absolute Gasteiger partial charge is 0.252 e. The van der Waals surface area contributed by atoms with Crippen molar-refractivity contribution in [3.8, 4) is 33.4 Å². The number of anilines is 6. The highest BCUT2D eigenvalue weighted by Gasteiger charge is 2.46. The van der Waals surface area contributed by atoms with E-state index in [1.54, 1.807) is 9.80 Å². The summed E-state index contributed by atoms with van der Waals surface area (Å²) in [6.45, 7) is -0.341. The van der Waals surface area contributed by atoms with Crippen molar-refractivity contribution in [2.45, 2.75) is 0 Å². The molecule has 101 heavy (non-hydrogen) atoms. The maximum atomic E-state index is 5.46. The summed E-state index contributed by atoms with van der Waals surface area (Å²) < 4.78 is 0. The first-order valence-corrected chi connectivity index (χ1v) is 33.3. The summed E-state index contributed by atoms with van der Waals surface area (Å²) in [4.78, 5) is 70.7. The Labute approximate surface area is 580 Å². The number of guanidine groups is 6. The maximum absolute atomic E-state index is 5.46. The van der Waals surface area contributed by atoms with E-state index in [-0.39, 0.29) is 6.71 Å². The second-order valence-electron chi connectivity index (χ2n) is 25.0. The average molecular weight is 1300 g/mol. The van der Waals surface area contributed by atoms with E-state index in [4.69, 9.17) is 59.9 Å². The minimum Gasteiger partial charge on any atom is -0.311 e. The summed E-state index contributed by atoms with van der Waals surface area (Å²) in [7, 11) is 0. The summed E-state index contributed by atoms with van der Waals surface area (Å²) in [5.74, 6) is 4.80. The molecule has 0 unspecified atom stereocenters. The van der Waals surface area contributed by atoms with Crippen LogP contribution in [0.3, 0.4) is 0 Å². The van der Waals surface area contributed by atoms with Gasteiger partial charge in [0.25, 0.3) is 6.71 Å². The minimum atomic E-state index is -0.341. The number of hydrogen-bond donors (Lipinski definition) is 0. The van der Waals surface area contributed by atoms with Crippen LogP contribution in [0, 0.1) is 0 Å². The predicted octanol–water partition coefficient (Wildman–Crippen LogP) is 14.9. The molecular formula is C84H51BN16. The zero-order valence-electron chi connectivity index (χ0n) is 53.7. The predicted molar refractivity (Wildman–Crippen MR) is 410 cm³/mol. The lowest BCUT2D eigenvalue weighted by Gasteiger charge is -2.44. The van der Waals surface area contributed by atoms with Gasteiger partial charge in [-0.15, -0.1) is 0 Å². The first-order valence-electron chi connectivity index (χ1n) is 33.3. The van der Waals surface area contributed by atoms with Gasteiger partial charge in [-0.25, -0.2) is 9.80 Å². The van der Waals surface area contributed by atoms with Gasteiger partial charge in [-0.3, -0.25) is 0 Å². The van der Waals surface area contributed by atoms with Gasteiger partial charge in [0, 0.05) is 67.5 Å². The average Bonchev–Trinajstić information content (AvgIpc) is 0.691. The Balaban J connectivity index is 0.844. The number of aliphatic imine (C=N–C) groups is 12. The van der Waals surface area contributed by atoms with Crippen LogP contribution in [0.2, 0.25) is 0 Å². The SMILES string of the molecule is c1ccc(C2=NC3=NC(c4ccccc4)=NC4=NC(c5ccc6c(c5)N(c5ccc(-c7ccccc7)cc5)c5cc(C7=NC8=NC(c9ccccc9)=NC9=NC(c%10ccccc%10)=NC(=N7)N98)cc7c5B6c5cc(-c6ccccc6)ccc5N7c5ccc(-c6ccccc6)cc5)=NC(=N2)N34)cc1. The number of rotatable bonds is 11. The lowest BCUT2D eigenvalue weighted by atomic mass is 9.33. The summed E-state index contributed by atoms with van der Waals surface area (Å²) >= 11 is 0. The van der Waals surface area contributed by atoms with Gasteiger partial charge in [0.1, 0.15) is 0 Å². The van der Waals surface area contributed by atoms with Crippen LogP contribution in [0.5, 0.6) is 0 Å². The number of benzene rings is 12. The number of nitrogens with zero attached hydrogens (tertiary/aromatic N) is 16. The van der Waals surface area contributed by atoms with Crippen LogP contribution >= 0.6 is 0 Å². The standard InChI is InChI=1S/C84H51BN16/c1-8-22-52(23-9-1)55-36-42-64(43-37-55)98-68-47-41-61(54-26-12-3-13-27-54)48-67(68)85-66-46-40-62(77-94-81-90-73(57-28-14-4-15-29-57)86-79-87-74(58-30-16-5-17-31-58)91-82(95-77)100(79)81)49-69(66)99(65-44-38-56(39-45-65)53-24-10-2-11-25-53)71-51-63(50-70(98)72(71)85)78-96-83-92-75(59-32-18-6-19-33-59)88-80-89-76(60-34-20-7-21-35-60)93-84(97-78)101(80)83/h1-51H. The van der Waals surface area contributed by atoms with Gasteiger partial charge in [0.05, 0.1) is 0 Å². The molecule has 0 fully saturated rings. The van der Waals surface area contributed by atoms with Crippen molar-refractivity contribution in [1.29, 1.82) is 0 Å². The number of fused-ring (bicyclic) bond motifs is 4. The normalized spacial score (nSPS) is 15.7. The van der Waals surface area contributed by atoms with Gasteiger partial charge < -0.3 is 9.80 Å². The molecule has 0 amide bonds. The fraction of sp³-hybridized carbons (Fsp3) is 0. The minimum absolute atomic E-state index is 0.336. The van der Waals surface area contributed by atoms with E-state index in [1.807, 2.05) is 127 Å². The molecule has 0 atom stereocenters. The molecule has 16 nitrogen and oxygen atoms in total. The quantitative estimate of drug-likeness (QED) is 0.118. The molecule has 0 aromatic heterocycles. The third-order valence-corrected chi connectivity index (χ3v) is 19.0. The van der Waals surface area contributed by atoms with E-state index in [0.717, 1.165) is 112 Å². The Bertz CT molecular complexity index is 5770. The molecule has 0 saturated heterocycles.